The highest BCUT2D eigenvalue weighted by atomic mass is 16.5. The number of amides is 2. The maximum absolute atomic E-state index is 12.7. The van der Waals surface area contributed by atoms with Gasteiger partial charge in [-0.1, -0.05) is 42.0 Å². The summed E-state index contributed by atoms with van der Waals surface area (Å²) in [6.07, 6.45) is -0.160. The van der Waals surface area contributed by atoms with E-state index in [0.717, 1.165) is 16.0 Å². The summed E-state index contributed by atoms with van der Waals surface area (Å²) in [5, 5.41) is 9.53. The first kappa shape index (κ1) is 20.7. The second kappa shape index (κ2) is 8.17. The fourth-order valence-corrected chi connectivity index (χ4v) is 3.44. The second-order valence-corrected chi connectivity index (χ2v) is 7.97. The van der Waals surface area contributed by atoms with E-state index in [9.17, 15) is 19.5 Å². The summed E-state index contributed by atoms with van der Waals surface area (Å²) in [5.74, 6) is -1.83. The molecule has 152 valence electrons. The molecule has 0 saturated carbocycles. The summed E-state index contributed by atoms with van der Waals surface area (Å²) in [7, 11) is 0. The number of imide groups is 1. The fraction of sp³-hybridized carbons (Fsp3) is 0.348. The molecule has 1 heterocycles. The maximum atomic E-state index is 12.7. The van der Waals surface area contributed by atoms with Crippen molar-refractivity contribution in [2.45, 2.75) is 45.3 Å². The van der Waals surface area contributed by atoms with E-state index in [-0.39, 0.29) is 18.4 Å². The van der Waals surface area contributed by atoms with Crippen LogP contribution in [0, 0.1) is 6.92 Å². The lowest BCUT2D eigenvalue weighted by Crippen LogP contribution is -2.51. The molecule has 0 spiro atoms. The minimum atomic E-state index is -1.06. The number of nitrogens with zero attached hydrogens (tertiary/aromatic N) is 1. The third kappa shape index (κ3) is 4.38. The number of aryl methyl sites for hydroxylation is 2. The third-order valence-electron chi connectivity index (χ3n) is 5.13. The quantitative estimate of drug-likeness (QED) is 0.692. The average Bonchev–Trinajstić information content (AvgIpc) is 2.94. The average molecular weight is 395 g/mol. The van der Waals surface area contributed by atoms with E-state index >= 15 is 0 Å². The molecule has 3 rings (SSSR count). The predicted molar refractivity (Wildman–Crippen MR) is 108 cm³/mol. The molecule has 0 fully saturated rings. The van der Waals surface area contributed by atoms with Crippen LogP contribution in [0.3, 0.4) is 0 Å². The molecule has 2 aromatic carbocycles. The van der Waals surface area contributed by atoms with Crippen LogP contribution in [0.2, 0.25) is 0 Å². The molecule has 6 nitrogen and oxygen atoms in total. The van der Waals surface area contributed by atoms with Gasteiger partial charge in [0.1, 0.15) is 0 Å². The smallest absolute Gasteiger partial charge is 0.332 e. The molecular formula is C23H25NO5. The van der Waals surface area contributed by atoms with Crippen LogP contribution in [-0.4, -0.2) is 46.0 Å². The van der Waals surface area contributed by atoms with Crippen molar-refractivity contribution in [2.75, 3.05) is 6.61 Å². The monoisotopic (exact) mass is 395 g/mol. The van der Waals surface area contributed by atoms with Crippen LogP contribution in [-0.2, 0) is 16.0 Å². The Hall–Kier alpha value is -2.99. The van der Waals surface area contributed by atoms with Crippen LogP contribution in [0.15, 0.2) is 48.5 Å². The Balaban J connectivity index is 1.66. The van der Waals surface area contributed by atoms with Crippen molar-refractivity contribution in [1.82, 2.24) is 4.90 Å². The molecule has 2 aromatic rings. The molecule has 2 amide bonds. The summed E-state index contributed by atoms with van der Waals surface area (Å²) < 4.78 is 5.68. The van der Waals surface area contributed by atoms with E-state index in [0.29, 0.717) is 24.0 Å². The van der Waals surface area contributed by atoms with Gasteiger partial charge >= 0.3 is 5.97 Å². The van der Waals surface area contributed by atoms with Crippen molar-refractivity contribution in [3.8, 4) is 0 Å². The van der Waals surface area contributed by atoms with Crippen LogP contribution < -0.4 is 0 Å². The molecular weight excluding hydrogens is 370 g/mol. The largest absolute Gasteiger partial charge is 0.479 e. The number of aliphatic carboxylic acids is 1. The number of carboxylic acid groups (broad SMARTS) is 1. The van der Waals surface area contributed by atoms with E-state index in [2.05, 4.69) is 0 Å². The minimum Gasteiger partial charge on any atom is -0.479 e. The first-order chi connectivity index (χ1) is 13.7. The van der Waals surface area contributed by atoms with Gasteiger partial charge in [-0.15, -0.1) is 0 Å². The number of carbonyl (C=O) groups excluding carboxylic acids is 2. The van der Waals surface area contributed by atoms with Crippen molar-refractivity contribution in [1.29, 1.82) is 0 Å². The van der Waals surface area contributed by atoms with Crippen molar-refractivity contribution in [2.24, 2.45) is 0 Å². The van der Waals surface area contributed by atoms with E-state index in [4.69, 9.17) is 4.74 Å². The van der Waals surface area contributed by atoms with E-state index < -0.39 is 17.6 Å². The zero-order valence-electron chi connectivity index (χ0n) is 16.8. The predicted octanol–water partition coefficient (Wildman–Crippen LogP) is 3.47. The number of rotatable bonds is 8. The number of carbonyl (C=O) groups is 3. The van der Waals surface area contributed by atoms with Gasteiger partial charge in [-0.05, 0) is 51.3 Å². The van der Waals surface area contributed by atoms with Gasteiger partial charge in [0.2, 0.25) is 0 Å². The number of benzene rings is 2. The molecule has 0 bridgehead atoms. The SMILES string of the molecule is Cc1ccc(CCC(OCC(C)(C)N2C(=O)c3ccccc3C2=O)C(=O)O)cc1. The molecule has 1 aliphatic rings. The Morgan fingerprint density at radius 1 is 1.03 bits per heavy atom. The Labute approximate surface area is 170 Å². The number of hydrogen-bond donors (Lipinski definition) is 1. The fourth-order valence-electron chi connectivity index (χ4n) is 3.44. The third-order valence-corrected chi connectivity index (χ3v) is 5.13. The Kier molecular flexibility index (Phi) is 5.84. The molecule has 6 heteroatoms. The molecule has 1 N–H and O–H groups in total. The molecule has 0 aromatic heterocycles. The highest BCUT2D eigenvalue weighted by molar-refractivity contribution is 6.21. The normalized spacial score (nSPS) is 14.8. The van der Waals surface area contributed by atoms with Gasteiger partial charge in [0.25, 0.3) is 11.8 Å². The summed E-state index contributed by atoms with van der Waals surface area (Å²) >= 11 is 0. The van der Waals surface area contributed by atoms with Gasteiger partial charge in [-0.2, -0.15) is 0 Å². The second-order valence-electron chi connectivity index (χ2n) is 7.97. The Bertz CT molecular complexity index is 898. The molecule has 1 atom stereocenters. The lowest BCUT2D eigenvalue weighted by molar-refractivity contribution is -0.152. The van der Waals surface area contributed by atoms with Gasteiger partial charge in [-0.25, -0.2) is 4.79 Å². The summed E-state index contributed by atoms with van der Waals surface area (Å²) in [6.45, 7) is 5.33. The molecule has 29 heavy (non-hydrogen) atoms. The zero-order chi connectivity index (χ0) is 21.2. The van der Waals surface area contributed by atoms with Gasteiger partial charge in [-0.3, -0.25) is 14.5 Å². The Morgan fingerprint density at radius 2 is 1.59 bits per heavy atom. The van der Waals surface area contributed by atoms with E-state index in [1.54, 1.807) is 38.1 Å². The number of ether oxygens (including phenoxy) is 1. The van der Waals surface area contributed by atoms with Gasteiger partial charge in [0.15, 0.2) is 6.10 Å². The van der Waals surface area contributed by atoms with Crippen molar-refractivity contribution >= 4 is 17.8 Å². The first-order valence-corrected chi connectivity index (χ1v) is 9.58. The lowest BCUT2D eigenvalue weighted by atomic mass is 10.0. The zero-order valence-corrected chi connectivity index (χ0v) is 16.8. The van der Waals surface area contributed by atoms with Crippen molar-refractivity contribution < 1.29 is 24.2 Å². The maximum Gasteiger partial charge on any atom is 0.332 e. The summed E-state index contributed by atoms with van der Waals surface area (Å²) in [5.41, 5.74) is 1.91. The van der Waals surface area contributed by atoms with Gasteiger partial charge in [0.05, 0.1) is 23.3 Å². The van der Waals surface area contributed by atoms with Crippen LogP contribution in [0.4, 0.5) is 0 Å². The standard InChI is InChI=1S/C23H25NO5/c1-15-8-10-16(11-9-15)12-13-19(22(27)28)29-14-23(2,3)24-20(25)17-6-4-5-7-18(17)21(24)26/h4-11,19H,12-14H2,1-3H3,(H,27,28). The summed E-state index contributed by atoms with van der Waals surface area (Å²) in [6, 6.07) is 14.6. The number of carboxylic acids is 1. The molecule has 1 unspecified atom stereocenters. The van der Waals surface area contributed by atoms with Crippen molar-refractivity contribution in [3.63, 3.8) is 0 Å². The highest BCUT2D eigenvalue weighted by Crippen LogP contribution is 2.30. The minimum absolute atomic E-state index is 0.0661. The first-order valence-electron chi connectivity index (χ1n) is 9.58. The van der Waals surface area contributed by atoms with E-state index in [1.165, 1.54) is 0 Å². The topological polar surface area (TPSA) is 83.9 Å². The molecule has 0 aliphatic carbocycles. The highest BCUT2D eigenvalue weighted by Gasteiger charge is 2.44. The number of hydrogen-bond acceptors (Lipinski definition) is 4. The molecule has 0 saturated heterocycles. The van der Waals surface area contributed by atoms with Crippen LogP contribution in [0.5, 0.6) is 0 Å². The lowest BCUT2D eigenvalue weighted by Gasteiger charge is -2.34. The molecule has 0 radical (unpaired) electrons. The van der Waals surface area contributed by atoms with Crippen LogP contribution in [0.1, 0.15) is 52.1 Å². The Morgan fingerprint density at radius 3 is 2.10 bits per heavy atom. The number of fused-ring (bicyclic) bond motifs is 1. The van der Waals surface area contributed by atoms with Gasteiger partial charge < -0.3 is 9.84 Å². The summed E-state index contributed by atoms with van der Waals surface area (Å²) in [4.78, 5) is 38.2. The van der Waals surface area contributed by atoms with Crippen molar-refractivity contribution in [3.05, 3.63) is 70.8 Å². The molecule has 1 aliphatic heterocycles. The van der Waals surface area contributed by atoms with Crippen LogP contribution in [0.25, 0.3) is 0 Å². The van der Waals surface area contributed by atoms with E-state index in [1.807, 2.05) is 31.2 Å². The van der Waals surface area contributed by atoms with Crippen LogP contribution >= 0.6 is 0 Å². The van der Waals surface area contributed by atoms with Gasteiger partial charge in [0, 0.05) is 0 Å².